The van der Waals surface area contributed by atoms with Crippen molar-refractivity contribution in [3.63, 3.8) is 0 Å². The lowest BCUT2D eigenvalue weighted by Crippen LogP contribution is -2.25. The number of rotatable bonds is 5. The van der Waals surface area contributed by atoms with E-state index in [1.54, 1.807) is 13.3 Å². The molecule has 0 bridgehead atoms. The molecule has 1 N–H and O–H groups in total. The van der Waals surface area contributed by atoms with Crippen LogP contribution < -0.4 is 0 Å². The van der Waals surface area contributed by atoms with Gasteiger partial charge in [0.15, 0.2) is 0 Å². The zero-order valence-electron chi connectivity index (χ0n) is 14.5. The number of pyridine rings is 1. The van der Waals surface area contributed by atoms with Crippen molar-refractivity contribution < 1.29 is 4.74 Å². The number of methoxy groups -OCH3 is 1. The standard InChI is InChI=1S/C18H22N6O/c1-23-10-13(7-21-23)11-24-12-15(25-2)6-17(24)18-20-9-16(22-18)14-4-3-5-19-8-14/h3-5,7-10,15,17H,6,11-12H2,1-2H3,(H,20,22)/t15-,17+/m1/s1. The largest absolute Gasteiger partial charge is 0.380 e. The number of aryl methyl sites for hydroxylation is 1. The fourth-order valence-corrected chi connectivity index (χ4v) is 3.45. The predicted octanol–water partition coefficient (Wildman–Crippen LogP) is 2.17. The van der Waals surface area contributed by atoms with Gasteiger partial charge in [-0.2, -0.15) is 5.10 Å². The van der Waals surface area contributed by atoms with Crippen molar-refractivity contribution in [1.29, 1.82) is 0 Å². The maximum atomic E-state index is 5.61. The van der Waals surface area contributed by atoms with Crippen LogP contribution in [-0.2, 0) is 18.3 Å². The average molecular weight is 338 g/mol. The van der Waals surface area contributed by atoms with Crippen molar-refractivity contribution in [3.05, 3.63) is 54.5 Å². The number of hydrogen-bond acceptors (Lipinski definition) is 5. The summed E-state index contributed by atoms with van der Waals surface area (Å²) in [5, 5.41) is 4.27. The SMILES string of the molecule is CO[C@@H]1C[C@@H](c2ncc(-c3cccnc3)[nH]2)N(Cc2cnn(C)c2)C1. The third-order valence-corrected chi connectivity index (χ3v) is 4.73. The normalized spacial score (nSPS) is 21.0. The second kappa shape index (κ2) is 6.78. The van der Waals surface area contributed by atoms with Gasteiger partial charge in [-0.15, -0.1) is 0 Å². The van der Waals surface area contributed by atoms with E-state index in [9.17, 15) is 0 Å². The topological polar surface area (TPSA) is 71.9 Å². The third-order valence-electron chi connectivity index (χ3n) is 4.73. The number of likely N-dealkylation sites (tertiary alicyclic amines) is 1. The maximum absolute atomic E-state index is 5.61. The molecule has 1 fully saturated rings. The highest BCUT2D eigenvalue weighted by molar-refractivity contribution is 5.56. The summed E-state index contributed by atoms with van der Waals surface area (Å²) in [5.74, 6) is 0.974. The Morgan fingerprint density at radius 2 is 2.24 bits per heavy atom. The minimum atomic E-state index is 0.204. The lowest BCUT2D eigenvalue weighted by atomic mass is 10.2. The van der Waals surface area contributed by atoms with Gasteiger partial charge in [-0.05, 0) is 18.6 Å². The summed E-state index contributed by atoms with van der Waals surface area (Å²) < 4.78 is 7.45. The van der Waals surface area contributed by atoms with E-state index in [0.29, 0.717) is 0 Å². The van der Waals surface area contributed by atoms with Crippen LogP contribution in [0.3, 0.4) is 0 Å². The Hall–Kier alpha value is -2.51. The van der Waals surface area contributed by atoms with Gasteiger partial charge >= 0.3 is 0 Å². The summed E-state index contributed by atoms with van der Waals surface area (Å²) >= 11 is 0. The summed E-state index contributed by atoms with van der Waals surface area (Å²) in [7, 11) is 3.72. The average Bonchev–Trinajstić information content (AvgIpc) is 3.35. The van der Waals surface area contributed by atoms with Crippen LogP contribution in [0.25, 0.3) is 11.3 Å². The van der Waals surface area contributed by atoms with Crippen molar-refractivity contribution in [3.8, 4) is 11.3 Å². The molecule has 0 radical (unpaired) electrons. The number of imidazole rings is 1. The van der Waals surface area contributed by atoms with E-state index in [1.165, 1.54) is 5.56 Å². The monoisotopic (exact) mass is 338 g/mol. The first-order chi connectivity index (χ1) is 12.2. The molecular formula is C18H22N6O. The first-order valence-corrected chi connectivity index (χ1v) is 8.42. The lowest BCUT2D eigenvalue weighted by Gasteiger charge is -2.21. The van der Waals surface area contributed by atoms with Crippen molar-refractivity contribution in [1.82, 2.24) is 29.6 Å². The van der Waals surface area contributed by atoms with E-state index >= 15 is 0 Å². The molecule has 130 valence electrons. The highest BCUT2D eigenvalue weighted by Crippen LogP contribution is 2.33. The molecule has 0 amide bonds. The predicted molar refractivity (Wildman–Crippen MR) is 93.6 cm³/mol. The first kappa shape index (κ1) is 16.0. The molecule has 3 aromatic rings. The van der Waals surface area contributed by atoms with E-state index in [1.807, 2.05) is 42.5 Å². The molecule has 3 aromatic heterocycles. The molecule has 0 saturated carbocycles. The number of H-pyrrole nitrogens is 1. The Kier molecular flexibility index (Phi) is 4.33. The number of nitrogens with one attached hydrogen (secondary N) is 1. The van der Waals surface area contributed by atoms with E-state index in [2.05, 4.69) is 31.1 Å². The molecule has 7 nitrogen and oxygen atoms in total. The molecule has 4 heterocycles. The smallest absolute Gasteiger partial charge is 0.124 e. The highest BCUT2D eigenvalue weighted by Gasteiger charge is 2.35. The van der Waals surface area contributed by atoms with E-state index < -0.39 is 0 Å². The van der Waals surface area contributed by atoms with Crippen LogP contribution in [0.1, 0.15) is 23.9 Å². The fourth-order valence-electron chi connectivity index (χ4n) is 3.45. The second-order valence-corrected chi connectivity index (χ2v) is 6.48. The summed E-state index contributed by atoms with van der Waals surface area (Å²) in [6.45, 7) is 1.72. The van der Waals surface area contributed by atoms with Crippen LogP contribution >= 0.6 is 0 Å². The van der Waals surface area contributed by atoms with E-state index in [0.717, 1.165) is 36.6 Å². The maximum Gasteiger partial charge on any atom is 0.124 e. The molecule has 7 heteroatoms. The van der Waals surface area contributed by atoms with E-state index in [-0.39, 0.29) is 12.1 Å². The minimum absolute atomic E-state index is 0.204. The Morgan fingerprint density at radius 3 is 2.96 bits per heavy atom. The Bertz CT molecular complexity index is 827. The Balaban J connectivity index is 1.57. The van der Waals surface area contributed by atoms with Crippen molar-refractivity contribution in [2.24, 2.45) is 7.05 Å². The van der Waals surface area contributed by atoms with Gasteiger partial charge < -0.3 is 9.72 Å². The van der Waals surface area contributed by atoms with Gasteiger partial charge in [0.1, 0.15) is 5.82 Å². The van der Waals surface area contributed by atoms with Crippen LogP contribution in [0.2, 0.25) is 0 Å². The summed E-state index contributed by atoms with van der Waals surface area (Å²) in [6.07, 6.45) is 10.6. The number of nitrogens with zero attached hydrogens (tertiary/aromatic N) is 5. The minimum Gasteiger partial charge on any atom is -0.380 e. The van der Waals surface area contributed by atoms with Gasteiger partial charge in [0.25, 0.3) is 0 Å². The zero-order chi connectivity index (χ0) is 17.2. The van der Waals surface area contributed by atoms with Gasteiger partial charge in [-0.3, -0.25) is 14.6 Å². The molecule has 0 aliphatic carbocycles. The molecule has 1 saturated heterocycles. The number of aromatic nitrogens is 5. The summed E-state index contributed by atoms with van der Waals surface area (Å²) in [4.78, 5) is 14.7. The van der Waals surface area contributed by atoms with Crippen LogP contribution in [0.4, 0.5) is 0 Å². The van der Waals surface area contributed by atoms with E-state index in [4.69, 9.17) is 4.74 Å². The summed E-state index contributed by atoms with van der Waals surface area (Å²) in [5.41, 5.74) is 3.23. The quantitative estimate of drug-likeness (QED) is 0.772. The van der Waals surface area contributed by atoms with Gasteiger partial charge in [0.2, 0.25) is 0 Å². The molecule has 1 aliphatic heterocycles. The van der Waals surface area contributed by atoms with Gasteiger partial charge in [-0.1, -0.05) is 0 Å². The van der Waals surface area contributed by atoms with Gasteiger partial charge in [0.05, 0.1) is 30.2 Å². The van der Waals surface area contributed by atoms with Crippen LogP contribution in [-0.4, -0.2) is 49.4 Å². The Morgan fingerprint density at radius 1 is 1.32 bits per heavy atom. The van der Waals surface area contributed by atoms with Gasteiger partial charge in [-0.25, -0.2) is 4.98 Å². The van der Waals surface area contributed by atoms with Crippen molar-refractivity contribution in [2.75, 3.05) is 13.7 Å². The number of hydrogen-bond donors (Lipinski definition) is 1. The van der Waals surface area contributed by atoms with Crippen molar-refractivity contribution >= 4 is 0 Å². The number of ether oxygens (including phenoxy) is 1. The molecule has 25 heavy (non-hydrogen) atoms. The molecule has 4 rings (SSSR count). The molecule has 2 atom stereocenters. The highest BCUT2D eigenvalue weighted by atomic mass is 16.5. The summed E-state index contributed by atoms with van der Waals surface area (Å²) in [6, 6.07) is 4.17. The van der Waals surface area contributed by atoms with Crippen LogP contribution in [0, 0.1) is 0 Å². The third kappa shape index (κ3) is 3.33. The van der Waals surface area contributed by atoms with Crippen molar-refractivity contribution in [2.45, 2.75) is 25.1 Å². The van der Waals surface area contributed by atoms with Gasteiger partial charge in [0, 0.05) is 57.0 Å². The number of aromatic amines is 1. The molecular weight excluding hydrogens is 316 g/mol. The van der Waals surface area contributed by atoms with Crippen LogP contribution in [0.5, 0.6) is 0 Å². The second-order valence-electron chi connectivity index (χ2n) is 6.48. The molecule has 0 spiro atoms. The molecule has 0 aromatic carbocycles. The Labute approximate surface area is 146 Å². The lowest BCUT2D eigenvalue weighted by molar-refractivity contribution is 0.107. The first-order valence-electron chi connectivity index (χ1n) is 8.42. The zero-order valence-corrected chi connectivity index (χ0v) is 14.5. The molecule has 1 aliphatic rings. The fraction of sp³-hybridized carbons (Fsp3) is 0.389. The molecule has 0 unspecified atom stereocenters. The van der Waals surface area contributed by atoms with Crippen LogP contribution in [0.15, 0.2) is 43.1 Å².